The van der Waals surface area contributed by atoms with E-state index in [1.54, 1.807) is 12.1 Å². The van der Waals surface area contributed by atoms with Crippen molar-refractivity contribution < 1.29 is 22.7 Å². The SMILES string of the molecule is CC[C@H](C)c1ccc(NC(=O)[C@H](C)OC(=O)c2cccc(S(=O)(=O)NC)c2)cc1. The lowest BCUT2D eigenvalue weighted by atomic mass is 9.99. The molecule has 0 saturated carbocycles. The minimum absolute atomic E-state index is 0.0406. The Hall–Kier alpha value is -2.71. The van der Waals surface area contributed by atoms with Crippen molar-refractivity contribution in [2.45, 2.75) is 44.1 Å². The molecule has 0 bridgehead atoms. The standard InChI is InChI=1S/C21H26N2O5S/c1-5-14(2)16-9-11-18(12-10-16)23-20(24)15(3)28-21(25)17-7-6-8-19(13-17)29(26,27)22-4/h6-15,22H,5H2,1-4H3,(H,23,24)/t14-,15-/m0/s1. The molecule has 2 aromatic rings. The van der Waals surface area contributed by atoms with E-state index in [4.69, 9.17) is 4.74 Å². The maximum atomic E-state index is 12.3. The fraction of sp³-hybridized carbons (Fsp3) is 0.333. The minimum atomic E-state index is -3.69. The van der Waals surface area contributed by atoms with Crippen molar-refractivity contribution in [1.82, 2.24) is 4.72 Å². The Labute approximate surface area is 171 Å². The maximum Gasteiger partial charge on any atom is 0.338 e. The Morgan fingerprint density at radius 2 is 1.72 bits per heavy atom. The van der Waals surface area contributed by atoms with Crippen LogP contribution in [0, 0.1) is 0 Å². The number of carbonyl (C=O) groups excluding carboxylic acids is 2. The summed E-state index contributed by atoms with van der Waals surface area (Å²) in [5.74, 6) is -0.830. The summed E-state index contributed by atoms with van der Waals surface area (Å²) < 4.78 is 31.1. The second kappa shape index (κ2) is 9.67. The number of carbonyl (C=O) groups is 2. The van der Waals surface area contributed by atoms with Gasteiger partial charge in [-0.1, -0.05) is 32.0 Å². The van der Waals surface area contributed by atoms with Crippen LogP contribution in [0.15, 0.2) is 53.4 Å². The molecule has 0 aliphatic heterocycles. The molecule has 0 aromatic heterocycles. The zero-order valence-electron chi connectivity index (χ0n) is 16.9. The Kier molecular flexibility index (Phi) is 7.53. The summed E-state index contributed by atoms with van der Waals surface area (Å²) in [6, 6.07) is 12.9. The van der Waals surface area contributed by atoms with Crippen molar-refractivity contribution >= 4 is 27.6 Å². The maximum absolute atomic E-state index is 12.3. The van der Waals surface area contributed by atoms with Gasteiger partial charge in [0.05, 0.1) is 10.5 Å². The normalized spacial score (nSPS) is 13.4. The number of sulfonamides is 1. The van der Waals surface area contributed by atoms with Crippen molar-refractivity contribution in [3.8, 4) is 0 Å². The van der Waals surface area contributed by atoms with Crippen LogP contribution in [0.25, 0.3) is 0 Å². The van der Waals surface area contributed by atoms with E-state index in [1.165, 1.54) is 43.8 Å². The molecule has 0 radical (unpaired) electrons. The topological polar surface area (TPSA) is 102 Å². The van der Waals surface area contributed by atoms with Gasteiger partial charge in [-0.25, -0.2) is 17.9 Å². The molecule has 0 fully saturated rings. The first-order valence-corrected chi connectivity index (χ1v) is 10.8. The van der Waals surface area contributed by atoms with Crippen molar-refractivity contribution in [3.63, 3.8) is 0 Å². The molecule has 0 spiro atoms. The van der Waals surface area contributed by atoms with Crippen LogP contribution >= 0.6 is 0 Å². The lowest BCUT2D eigenvalue weighted by Crippen LogP contribution is -2.30. The molecule has 156 valence electrons. The van der Waals surface area contributed by atoms with Crippen LogP contribution in [0.2, 0.25) is 0 Å². The van der Waals surface area contributed by atoms with Gasteiger partial charge in [-0.2, -0.15) is 0 Å². The Morgan fingerprint density at radius 3 is 2.31 bits per heavy atom. The van der Waals surface area contributed by atoms with Crippen LogP contribution in [-0.2, 0) is 19.6 Å². The summed E-state index contributed by atoms with van der Waals surface area (Å²) in [4.78, 5) is 24.6. The molecule has 2 atom stereocenters. The van der Waals surface area contributed by atoms with Crippen LogP contribution in [0.5, 0.6) is 0 Å². The lowest BCUT2D eigenvalue weighted by molar-refractivity contribution is -0.123. The van der Waals surface area contributed by atoms with Crippen LogP contribution < -0.4 is 10.0 Å². The number of nitrogens with one attached hydrogen (secondary N) is 2. The molecule has 0 heterocycles. The Balaban J connectivity index is 2.02. The largest absolute Gasteiger partial charge is 0.449 e. The minimum Gasteiger partial charge on any atom is -0.449 e. The number of hydrogen-bond acceptors (Lipinski definition) is 5. The van der Waals surface area contributed by atoms with Gasteiger partial charge in [0.15, 0.2) is 6.10 Å². The number of hydrogen-bond donors (Lipinski definition) is 2. The molecule has 0 unspecified atom stereocenters. The van der Waals surface area contributed by atoms with Crippen LogP contribution in [0.1, 0.15) is 49.0 Å². The highest BCUT2D eigenvalue weighted by molar-refractivity contribution is 7.89. The van der Waals surface area contributed by atoms with Gasteiger partial charge in [-0.15, -0.1) is 0 Å². The monoisotopic (exact) mass is 418 g/mol. The van der Waals surface area contributed by atoms with Crippen molar-refractivity contribution in [3.05, 3.63) is 59.7 Å². The van der Waals surface area contributed by atoms with E-state index in [9.17, 15) is 18.0 Å². The summed E-state index contributed by atoms with van der Waals surface area (Å²) in [5, 5.41) is 2.71. The van der Waals surface area contributed by atoms with Gasteiger partial charge in [0, 0.05) is 5.69 Å². The fourth-order valence-corrected chi connectivity index (χ4v) is 3.34. The van der Waals surface area contributed by atoms with Gasteiger partial charge in [0.1, 0.15) is 0 Å². The van der Waals surface area contributed by atoms with E-state index in [0.717, 1.165) is 6.42 Å². The molecule has 0 saturated heterocycles. The average Bonchev–Trinajstić information content (AvgIpc) is 2.73. The first-order valence-electron chi connectivity index (χ1n) is 9.33. The highest BCUT2D eigenvalue weighted by Gasteiger charge is 2.21. The third-order valence-electron chi connectivity index (χ3n) is 4.66. The molecule has 2 aromatic carbocycles. The van der Waals surface area contributed by atoms with E-state index < -0.39 is 28.0 Å². The third-order valence-corrected chi connectivity index (χ3v) is 6.07. The van der Waals surface area contributed by atoms with E-state index >= 15 is 0 Å². The number of anilines is 1. The number of amides is 1. The van der Waals surface area contributed by atoms with E-state index in [1.807, 2.05) is 12.1 Å². The molecular formula is C21H26N2O5S. The third kappa shape index (κ3) is 5.88. The lowest BCUT2D eigenvalue weighted by Gasteiger charge is -2.15. The zero-order chi connectivity index (χ0) is 21.6. The number of ether oxygens (including phenoxy) is 1. The highest BCUT2D eigenvalue weighted by atomic mass is 32.2. The molecule has 29 heavy (non-hydrogen) atoms. The van der Waals surface area contributed by atoms with Gasteiger partial charge in [-0.05, 0) is 62.2 Å². The quantitative estimate of drug-likeness (QED) is 0.641. The first-order chi connectivity index (χ1) is 13.7. The van der Waals surface area contributed by atoms with E-state index in [0.29, 0.717) is 11.6 Å². The average molecular weight is 419 g/mol. The van der Waals surface area contributed by atoms with Crippen LogP contribution in [-0.4, -0.2) is 33.4 Å². The molecule has 2 N–H and O–H groups in total. The molecule has 7 nitrogen and oxygen atoms in total. The number of esters is 1. The zero-order valence-corrected chi connectivity index (χ0v) is 17.7. The van der Waals surface area contributed by atoms with E-state index in [-0.39, 0.29) is 10.5 Å². The number of rotatable bonds is 8. The molecule has 1 amide bonds. The number of benzene rings is 2. The fourth-order valence-electron chi connectivity index (χ4n) is 2.56. The molecule has 2 rings (SSSR count). The Bertz CT molecular complexity index is 971. The second-order valence-corrected chi connectivity index (χ2v) is 8.59. The summed E-state index contributed by atoms with van der Waals surface area (Å²) in [6.07, 6.45) is -0.0310. The molecular weight excluding hydrogens is 392 g/mol. The summed E-state index contributed by atoms with van der Waals surface area (Å²) in [5.41, 5.74) is 1.83. The highest BCUT2D eigenvalue weighted by Crippen LogP contribution is 2.20. The smallest absolute Gasteiger partial charge is 0.338 e. The first kappa shape index (κ1) is 22.6. The molecule has 8 heteroatoms. The molecule has 0 aliphatic rings. The van der Waals surface area contributed by atoms with Crippen LogP contribution in [0.4, 0.5) is 5.69 Å². The molecule has 0 aliphatic carbocycles. The summed E-state index contributed by atoms with van der Waals surface area (Å²) in [6.45, 7) is 5.70. The van der Waals surface area contributed by atoms with Crippen molar-refractivity contribution in [2.24, 2.45) is 0 Å². The van der Waals surface area contributed by atoms with Gasteiger partial charge in [0.2, 0.25) is 10.0 Å². The van der Waals surface area contributed by atoms with E-state index in [2.05, 4.69) is 23.9 Å². The van der Waals surface area contributed by atoms with Crippen molar-refractivity contribution in [2.75, 3.05) is 12.4 Å². The van der Waals surface area contributed by atoms with Crippen LogP contribution in [0.3, 0.4) is 0 Å². The van der Waals surface area contributed by atoms with Gasteiger partial charge in [0.25, 0.3) is 5.91 Å². The van der Waals surface area contributed by atoms with Gasteiger partial charge >= 0.3 is 5.97 Å². The van der Waals surface area contributed by atoms with Gasteiger partial charge in [-0.3, -0.25) is 4.79 Å². The Morgan fingerprint density at radius 1 is 1.07 bits per heavy atom. The summed E-state index contributed by atoms with van der Waals surface area (Å²) in [7, 11) is -2.41. The second-order valence-electron chi connectivity index (χ2n) is 6.70. The predicted octanol–water partition coefficient (Wildman–Crippen LogP) is 3.29. The summed E-state index contributed by atoms with van der Waals surface area (Å²) >= 11 is 0. The predicted molar refractivity (Wildman–Crippen MR) is 111 cm³/mol. The van der Waals surface area contributed by atoms with Crippen molar-refractivity contribution in [1.29, 1.82) is 0 Å². The van der Waals surface area contributed by atoms with Gasteiger partial charge < -0.3 is 10.1 Å².